The summed E-state index contributed by atoms with van der Waals surface area (Å²) in [6, 6.07) is 8.96. The van der Waals surface area contributed by atoms with E-state index >= 15 is 0 Å². The van der Waals surface area contributed by atoms with Crippen LogP contribution in [0.1, 0.15) is 41.4 Å². The van der Waals surface area contributed by atoms with E-state index < -0.39 is 0 Å². The van der Waals surface area contributed by atoms with Gasteiger partial charge in [-0.2, -0.15) is 0 Å². The van der Waals surface area contributed by atoms with Crippen molar-refractivity contribution in [3.8, 4) is 0 Å². The molecule has 0 aliphatic heterocycles. The van der Waals surface area contributed by atoms with Crippen LogP contribution in [0.25, 0.3) is 5.57 Å². The van der Waals surface area contributed by atoms with Crippen LogP contribution in [-0.2, 0) is 0 Å². The second-order valence-electron chi connectivity index (χ2n) is 4.52. The van der Waals surface area contributed by atoms with E-state index in [9.17, 15) is 0 Å². The molecule has 0 bridgehead atoms. The molecule has 0 fully saturated rings. The molecule has 0 saturated heterocycles. The van der Waals surface area contributed by atoms with Gasteiger partial charge in [-0.1, -0.05) is 0 Å². The van der Waals surface area contributed by atoms with Crippen LogP contribution in [0.3, 0.4) is 0 Å². The van der Waals surface area contributed by atoms with E-state index in [2.05, 4.69) is 42.0 Å². The third-order valence-corrected chi connectivity index (χ3v) is 3.79. The van der Waals surface area contributed by atoms with Crippen molar-refractivity contribution in [3.63, 3.8) is 0 Å². The molecule has 14 heavy (non-hydrogen) atoms. The summed E-state index contributed by atoms with van der Waals surface area (Å²) < 4.78 is 0.696. The number of allylic oxidation sites excluding steroid dienone is 2. The normalized spacial score (nSPS) is 24.9. The van der Waals surface area contributed by atoms with E-state index in [-0.39, 0.29) is 0 Å². The zero-order valence-electron chi connectivity index (χ0n) is 8.72. The molecule has 0 amide bonds. The predicted octanol–water partition coefficient (Wildman–Crippen LogP) is 3.24. The van der Waals surface area contributed by atoms with Gasteiger partial charge in [-0.3, -0.25) is 0 Å². The first-order valence-corrected chi connectivity index (χ1v) is 5.69. The second-order valence-corrected chi connectivity index (χ2v) is 4.52. The van der Waals surface area contributed by atoms with E-state index in [0.717, 1.165) is 0 Å². The van der Waals surface area contributed by atoms with Crippen LogP contribution in [0, 0.1) is 0 Å². The molecule has 1 aromatic rings. The molecule has 0 saturated carbocycles. The quantitative estimate of drug-likeness (QED) is 0.532. The van der Waals surface area contributed by atoms with Gasteiger partial charge < -0.3 is 0 Å². The van der Waals surface area contributed by atoms with Gasteiger partial charge >= 0.3 is 94.5 Å². The Bertz CT molecular complexity index is 403. The van der Waals surface area contributed by atoms with Crippen LogP contribution in [0.4, 0.5) is 0 Å². The van der Waals surface area contributed by atoms with Crippen LogP contribution >= 0.6 is 0 Å². The zero-order chi connectivity index (χ0) is 9.54. The molecule has 1 heteroatoms. The van der Waals surface area contributed by atoms with Crippen molar-refractivity contribution < 1.29 is 0 Å². The summed E-state index contributed by atoms with van der Waals surface area (Å²) in [6.45, 7) is 0. The van der Waals surface area contributed by atoms with Crippen molar-refractivity contribution in [2.24, 2.45) is 0 Å². The average molecular weight is 176 g/mol. The Hall–Kier alpha value is -0.443. The first-order chi connectivity index (χ1) is 6.88. The molecule has 2 aliphatic carbocycles. The van der Waals surface area contributed by atoms with Crippen LogP contribution in [-0.4, -0.2) is 17.7 Å². The second kappa shape index (κ2) is 3.30. The summed E-state index contributed by atoms with van der Waals surface area (Å²) >= 11 is 2.37. The molecule has 3 rings (SSSR count). The van der Waals surface area contributed by atoms with E-state index in [1.807, 2.05) is 0 Å². The van der Waals surface area contributed by atoms with Crippen LogP contribution < -0.4 is 0 Å². The number of fused-ring (bicyclic) bond motifs is 2. The minimum atomic E-state index is 0.696. The molecular weight excluding hydrogens is 163 g/mol. The summed E-state index contributed by atoms with van der Waals surface area (Å²) in [6.07, 6.45) is 5.44. The molecule has 0 spiro atoms. The molecule has 2 aliphatic rings. The first kappa shape index (κ1) is 8.83. The molecule has 0 nitrogen and oxygen atoms in total. The van der Waals surface area contributed by atoms with Crippen molar-refractivity contribution in [2.75, 3.05) is 0 Å². The predicted molar refractivity (Wildman–Crippen MR) is 60.3 cm³/mol. The molecule has 0 heterocycles. The fraction of sp³-hybridized carbons (Fsp3) is 0.385. The number of hydrogen-bond acceptors (Lipinski definition) is 0. The van der Waals surface area contributed by atoms with Crippen molar-refractivity contribution in [2.45, 2.75) is 30.3 Å². The van der Waals surface area contributed by atoms with E-state index in [1.165, 1.54) is 25.7 Å². The molecule has 1 aromatic carbocycles. The standard InChI is InChI=1S/C13H13.Li/c1-3-7-12-10(5-1)9-11-6-2-4-8-13(11)12;/h1,3,5,7,9H,2,4,6,8H2;. The van der Waals surface area contributed by atoms with E-state index in [4.69, 9.17) is 0 Å². The first-order valence-electron chi connectivity index (χ1n) is 5.69. The third kappa shape index (κ3) is 1.14. The van der Waals surface area contributed by atoms with Gasteiger partial charge in [0, 0.05) is 0 Å². The zero-order valence-corrected chi connectivity index (χ0v) is 8.72. The average Bonchev–Trinajstić information content (AvgIpc) is 2.55. The Labute approximate surface area is 94.6 Å². The van der Waals surface area contributed by atoms with Crippen molar-refractivity contribution in [1.29, 1.82) is 0 Å². The molecular formula is C13H13Li. The van der Waals surface area contributed by atoms with Crippen LogP contribution in [0.5, 0.6) is 0 Å². The Morgan fingerprint density at radius 3 is 2.79 bits per heavy atom. The monoisotopic (exact) mass is 176 g/mol. The molecule has 66 valence electrons. The Kier molecular flexibility index (Phi) is 2.08. The van der Waals surface area contributed by atoms with Gasteiger partial charge in [0.25, 0.3) is 0 Å². The summed E-state index contributed by atoms with van der Waals surface area (Å²) in [5, 5.41) is 0. The van der Waals surface area contributed by atoms with Gasteiger partial charge in [0.05, 0.1) is 0 Å². The van der Waals surface area contributed by atoms with E-state index in [0.29, 0.717) is 4.59 Å². The maximum absolute atomic E-state index is 2.37. The SMILES string of the molecule is [Li][CH]1C2=C(CCCC2)c2ccccc21. The minimum absolute atomic E-state index is 0.696. The van der Waals surface area contributed by atoms with Gasteiger partial charge in [0.2, 0.25) is 0 Å². The Morgan fingerprint density at radius 2 is 1.86 bits per heavy atom. The van der Waals surface area contributed by atoms with Gasteiger partial charge in [-0.15, -0.1) is 0 Å². The fourth-order valence-electron chi connectivity index (χ4n) is 3.05. The number of rotatable bonds is 0. The summed E-state index contributed by atoms with van der Waals surface area (Å²) in [7, 11) is 0. The van der Waals surface area contributed by atoms with Gasteiger partial charge in [-0.05, 0) is 0 Å². The Balaban J connectivity index is 2.18. The van der Waals surface area contributed by atoms with Crippen LogP contribution in [0.15, 0.2) is 29.8 Å². The molecule has 1 unspecified atom stereocenters. The summed E-state index contributed by atoms with van der Waals surface area (Å²) in [4.78, 5) is 0. The van der Waals surface area contributed by atoms with Crippen molar-refractivity contribution >= 4 is 23.3 Å². The Morgan fingerprint density at radius 1 is 1.07 bits per heavy atom. The third-order valence-electron chi connectivity index (χ3n) is 3.79. The molecule has 0 radical (unpaired) electrons. The topological polar surface area (TPSA) is 0 Å². The van der Waals surface area contributed by atoms with Crippen LogP contribution in [0.2, 0.25) is 0 Å². The van der Waals surface area contributed by atoms with Crippen molar-refractivity contribution in [1.82, 2.24) is 0 Å². The van der Waals surface area contributed by atoms with Crippen molar-refractivity contribution in [3.05, 3.63) is 41.0 Å². The summed E-state index contributed by atoms with van der Waals surface area (Å²) in [5.74, 6) is 0. The number of hydrogen-bond donors (Lipinski definition) is 0. The van der Waals surface area contributed by atoms with E-state index in [1.54, 1.807) is 22.3 Å². The van der Waals surface area contributed by atoms with Gasteiger partial charge in [0.15, 0.2) is 0 Å². The molecule has 0 aromatic heterocycles. The molecule has 1 atom stereocenters. The maximum atomic E-state index is 2.37. The van der Waals surface area contributed by atoms with Gasteiger partial charge in [0.1, 0.15) is 0 Å². The molecule has 0 N–H and O–H groups in total. The van der Waals surface area contributed by atoms with Gasteiger partial charge in [-0.25, -0.2) is 0 Å². The fourth-order valence-corrected chi connectivity index (χ4v) is 3.05. The summed E-state index contributed by atoms with van der Waals surface area (Å²) in [5.41, 5.74) is 6.53. The number of benzene rings is 1.